The molecule has 100 valence electrons. The van der Waals surface area contributed by atoms with Crippen molar-refractivity contribution in [3.8, 4) is 5.88 Å². The maximum atomic E-state index is 5.87. The molecular weight excluding hydrogens is 256 g/mol. The molecule has 0 aliphatic heterocycles. The number of aromatic nitrogens is 1. The van der Waals surface area contributed by atoms with E-state index in [9.17, 15) is 0 Å². The van der Waals surface area contributed by atoms with Crippen molar-refractivity contribution >= 4 is 17.4 Å². The molecule has 0 fully saturated rings. The van der Waals surface area contributed by atoms with E-state index in [1.807, 2.05) is 30.3 Å². The number of nitrogens with two attached hydrogens (primary N) is 1. The number of anilines is 1. The molecule has 0 unspecified atom stereocenters. The fraction of sp³-hybridized carbons (Fsp3) is 0.267. The van der Waals surface area contributed by atoms with Crippen molar-refractivity contribution in [3.05, 3.63) is 42.5 Å². The van der Waals surface area contributed by atoms with Gasteiger partial charge in [0.2, 0.25) is 5.88 Å². The summed E-state index contributed by atoms with van der Waals surface area (Å²) in [5.74, 6) is 0.973. The van der Waals surface area contributed by atoms with Gasteiger partial charge in [0.05, 0.1) is 12.3 Å². The van der Waals surface area contributed by atoms with Crippen LogP contribution in [0.1, 0.15) is 13.8 Å². The number of nitrogens with zero attached hydrogens (tertiary/aromatic N) is 1. The molecular formula is C15H18N2OS. The fourth-order valence-electron chi connectivity index (χ4n) is 1.46. The van der Waals surface area contributed by atoms with Crippen molar-refractivity contribution < 1.29 is 4.74 Å². The van der Waals surface area contributed by atoms with E-state index in [0.29, 0.717) is 24.1 Å². The van der Waals surface area contributed by atoms with Crippen LogP contribution in [0.5, 0.6) is 5.88 Å². The molecule has 0 radical (unpaired) electrons. The van der Waals surface area contributed by atoms with E-state index in [0.717, 1.165) is 9.92 Å². The molecule has 0 atom stereocenters. The van der Waals surface area contributed by atoms with Crippen LogP contribution in [-0.4, -0.2) is 11.6 Å². The number of nitrogen functional groups attached to an aromatic ring is 1. The Hall–Kier alpha value is -1.68. The zero-order chi connectivity index (χ0) is 13.7. The largest absolute Gasteiger partial charge is 0.476 e. The highest BCUT2D eigenvalue weighted by Gasteiger charge is 2.06. The first-order valence-corrected chi connectivity index (χ1v) is 7.09. The lowest BCUT2D eigenvalue weighted by Gasteiger charge is -2.11. The third kappa shape index (κ3) is 4.17. The topological polar surface area (TPSA) is 48.1 Å². The van der Waals surface area contributed by atoms with Gasteiger partial charge in [0.15, 0.2) is 0 Å². The Kier molecular flexibility index (Phi) is 4.68. The van der Waals surface area contributed by atoms with E-state index in [1.165, 1.54) is 0 Å². The van der Waals surface area contributed by atoms with Crippen molar-refractivity contribution in [1.29, 1.82) is 0 Å². The summed E-state index contributed by atoms with van der Waals surface area (Å²) in [5.41, 5.74) is 6.45. The summed E-state index contributed by atoms with van der Waals surface area (Å²) < 4.78 is 5.63. The normalized spacial score (nSPS) is 10.7. The molecule has 0 spiro atoms. The Balaban J connectivity index is 2.12. The molecule has 2 rings (SSSR count). The summed E-state index contributed by atoms with van der Waals surface area (Å²) in [4.78, 5) is 5.60. The van der Waals surface area contributed by atoms with Crippen LogP contribution in [0.15, 0.2) is 52.4 Å². The standard InChI is InChI=1S/C15H18N2OS/c1-11(2)10-18-15-13(16)8-9-14(17-15)19-12-6-4-3-5-7-12/h3-9,11H,10,16H2,1-2H3. The molecule has 19 heavy (non-hydrogen) atoms. The Morgan fingerprint density at radius 2 is 1.89 bits per heavy atom. The molecule has 4 heteroatoms. The van der Waals surface area contributed by atoms with Gasteiger partial charge in [-0.2, -0.15) is 0 Å². The summed E-state index contributed by atoms with van der Waals surface area (Å²) in [5, 5.41) is 0.888. The number of hydrogen-bond acceptors (Lipinski definition) is 4. The van der Waals surface area contributed by atoms with Crippen molar-refractivity contribution in [2.45, 2.75) is 23.8 Å². The van der Waals surface area contributed by atoms with Crippen LogP contribution < -0.4 is 10.5 Å². The lowest BCUT2D eigenvalue weighted by Crippen LogP contribution is -2.07. The minimum Gasteiger partial charge on any atom is -0.476 e. The van der Waals surface area contributed by atoms with E-state index >= 15 is 0 Å². The monoisotopic (exact) mass is 274 g/mol. The second-order valence-electron chi connectivity index (χ2n) is 4.66. The van der Waals surface area contributed by atoms with E-state index < -0.39 is 0 Å². The first-order valence-electron chi connectivity index (χ1n) is 6.27. The van der Waals surface area contributed by atoms with Gasteiger partial charge in [-0.25, -0.2) is 4.98 Å². The number of hydrogen-bond donors (Lipinski definition) is 1. The van der Waals surface area contributed by atoms with Gasteiger partial charge in [0.1, 0.15) is 5.03 Å². The minimum absolute atomic E-state index is 0.451. The first-order chi connectivity index (χ1) is 9.15. The molecule has 1 heterocycles. The Morgan fingerprint density at radius 3 is 2.58 bits per heavy atom. The molecule has 3 nitrogen and oxygen atoms in total. The molecule has 1 aromatic heterocycles. The second kappa shape index (κ2) is 6.48. The van der Waals surface area contributed by atoms with E-state index in [2.05, 4.69) is 31.0 Å². The van der Waals surface area contributed by atoms with Crippen LogP contribution in [0.4, 0.5) is 5.69 Å². The average Bonchev–Trinajstić information content (AvgIpc) is 2.40. The Morgan fingerprint density at radius 1 is 1.16 bits per heavy atom. The number of ether oxygens (including phenoxy) is 1. The maximum Gasteiger partial charge on any atom is 0.238 e. The van der Waals surface area contributed by atoms with Gasteiger partial charge in [-0.3, -0.25) is 0 Å². The molecule has 2 N–H and O–H groups in total. The summed E-state index contributed by atoms with van der Waals surface area (Å²) in [6.45, 7) is 4.81. The van der Waals surface area contributed by atoms with Crippen LogP contribution in [0, 0.1) is 5.92 Å². The molecule has 1 aromatic carbocycles. The molecule has 0 aliphatic carbocycles. The summed E-state index contributed by atoms with van der Waals surface area (Å²) in [6, 6.07) is 13.9. The van der Waals surface area contributed by atoms with Gasteiger partial charge in [-0.15, -0.1) is 0 Å². The lowest BCUT2D eigenvalue weighted by molar-refractivity contribution is 0.261. The molecule has 2 aromatic rings. The molecule has 0 amide bonds. The van der Waals surface area contributed by atoms with Crippen LogP contribution >= 0.6 is 11.8 Å². The van der Waals surface area contributed by atoms with Gasteiger partial charge < -0.3 is 10.5 Å². The summed E-state index contributed by atoms with van der Waals surface area (Å²) in [7, 11) is 0. The minimum atomic E-state index is 0.451. The van der Waals surface area contributed by atoms with Crippen molar-refractivity contribution in [2.75, 3.05) is 12.3 Å². The maximum absolute atomic E-state index is 5.87. The predicted molar refractivity (Wildman–Crippen MR) is 79.5 cm³/mol. The third-order valence-corrected chi connectivity index (χ3v) is 3.33. The van der Waals surface area contributed by atoms with E-state index in [1.54, 1.807) is 11.8 Å². The van der Waals surface area contributed by atoms with E-state index in [-0.39, 0.29) is 0 Å². The highest BCUT2D eigenvalue weighted by molar-refractivity contribution is 7.99. The van der Waals surface area contributed by atoms with Crippen LogP contribution in [-0.2, 0) is 0 Å². The highest BCUT2D eigenvalue weighted by Crippen LogP contribution is 2.29. The molecule has 0 bridgehead atoms. The number of pyridine rings is 1. The van der Waals surface area contributed by atoms with Crippen LogP contribution in [0.2, 0.25) is 0 Å². The fourth-order valence-corrected chi connectivity index (χ4v) is 2.26. The van der Waals surface area contributed by atoms with Crippen molar-refractivity contribution in [3.63, 3.8) is 0 Å². The van der Waals surface area contributed by atoms with Crippen LogP contribution in [0.3, 0.4) is 0 Å². The number of benzene rings is 1. The Bertz CT molecular complexity index is 529. The lowest BCUT2D eigenvalue weighted by atomic mass is 10.2. The SMILES string of the molecule is CC(C)COc1nc(Sc2ccccc2)ccc1N. The van der Waals surface area contributed by atoms with Gasteiger partial charge in [0.25, 0.3) is 0 Å². The highest BCUT2D eigenvalue weighted by atomic mass is 32.2. The van der Waals surface area contributed by atoms with E-state index in [4.69, 9.17) is 10.5 Å². The smallest absolute Gasteiger partial charge is 0.238 e. The quantitative estimate of drug-likeness (QED) is 0.899. The number of rotatable bonds is 5. The first kappa shape index (κ1) is 13.7. The summed E-state index contributed by atoms with van der Waals surface area (Å²) >= 11 is 1.60. The summed E-state index contributed by atoms with van der Waals surface area (Å²) in [6.07, 6.45) is 0. The molecule has 0 aliphatic rings. The second-order valence-corrected chi connectivity index (χ2v) is 5.76. The zero-order valence-electron chi connectivity index (χ0n) is 11.2. The Labute approximate surface area is 118 Å². The van der Waals surface area contributed by atoms with Gasteiger partial charge >= 0.3 is 0 Å². The third-order valence-electron chi connectivity index (χ3n) is 2.38. The van der Waals surface area contributed by atoms with Gasteiger partial charge in [0, 0.05) is 4.90 Å². The van der Waals surface area contributed by atoms with Gasteiger partial charge in [-0.05, 0) is 30.2 Å². The average molecular weight is 274 g/mol. The zero-order valence-corrected chi connectivity index (χ0v) is 12.0. The predicted octanol–water partition coefficient (Wildman–Crippen LogP) is 3.85. The molecule has 0 saturated carbocycles. The molecule has 0 saturated heterocycles. The van der Waals surface area contributed by atoms with Gasteiger partial charge in [-0.1, -0.05) is 43.8 Å². The van der Waals surface area contributed by atoms with Crippen molar-refractivity contribution in [1.82, 2.24) is 4.98 Å². The van der Waals surface area contributed by atoms with Crippen molar-refractivity contribution in [2.24, 2.45) is 5.92 Å². The van der Waals surface area contributed by atoms with Crippen LogP contribution in [0.25, 0.3) is 0 Å².